The van der Waals surface area contributed by atoms with E-state index in [2.05, 4.69) is 50.3 Å². The van der Waals surface area contributed by atoms with Gasteiger partial charge in [0, 0.05) is 12.8 Å². The number of phosphoric acid groups is 1. The molecule has 1 saturated carbocycles. The topological polar surface area (TPSA) is 289 Å². The highest BCUT2D eigenvalue weighted by Gasteiger charge is 2.55. The van der Waals surface area contributed by atoms with Gasteiger partial charge in [-0.05, 0) is 70.6 Å². The fraction of sp³-hybridized carbons (Fsp3) is 0.837. The van der Waals surface area contributed by atoms with Crippen LogP contribution >= 0.6 is 7.82 Å². The van der Waals surface area contributed by atoms with Crippen molar-refractivity contribution in [2.75, 3.05) is 19.8 Å². The predicted molar refractivity (Wildman–Crippen MR) is 254 cm³/mol. The van der Waals surface area contributed by atoms with Crippen molar-refractivity contribution in [3.63, 3.8) is 0 Å². The lowest BCUT2D eigenvalue weighted by Gasteiger charge is -2.47. The molecule has 0 aromatic carbocycles. The molecule has 2 rings (SSSR count). The molecular weight excluding hydrogens is 907 g/mol. The summed E-state index contributed by atoms with van der Waals surface area (Å²) in [6.45, 7) is 2.15. The fourth-order valence-corrected chi connectivity index (χ4v) is 8.81. The number of aliphatic hydroxyl groups is 8. The molecule has 0 aromatic heterocycles. The van der Waals surface area contributed by atoms with E-state index in [4.69, 9.17) is 28.0 Å². The van der Waals surface area contributed by atoms with Crippen LogP contribution in [-0.4, -0.2) is 151 Å². The first-order chi connectivity index (χ1) is 32.7. The number of carbonyl (C=O) groups is 2. The highest BCUT2D eigenvalue weighted by Crippen LogP contribution is 2.48. The monoisotopic (exact) mass is 995 g/mol. The Kier molecular flexibility index (Phi) is 33.5. The maximum absolute atomic E-state index is 13.4. The lowest BCUT2D eigenvalue weighted by Crippen LogP contribution is -2.67. The Hall–Kier alpha value is -2.13. The number of ether oxygens (including phenoxy) is 4. The van der Waals surface area contributed by atoms with E-state index in [9.17, 15) is 59.9 Å². The first-order valence-corrected chi connectivity index (χ1v) is 26.8. The molecule has 68 heavy (non-hydrogen) atoms. The van der Waals surface area contributed by atoms with Crippen LogP contribution in [0.25, 0.3) is 0 Å². The summed E-state index contributed by atoms with van der Waals surface area (Å²) in [6, 6.07) is 0. The van der Waals surface area contributed by atoms with E-state index >= 15 is 0 Å². The summed E-state index contributed by atoms with van der Waals surface area (Å²) < 4.78 is 45.4. The Morgan fingerprint density at radius 2 is 1.01 bits per heavy atom. The van der Waals surface area contributed by atoms with Gasteiger partial charge in [0.15, 0.2) is 12.4 Å². The van der Waals surface area contributed by atoms with Crippen molar-refractivity contribution in [1.29, 1.82) is 0 Å². The van der Waals surface area contributed by atoms with Gasteiger partial charge in [-0.3, -0.25) is 18.6 Å². The second-order valence-electron chi connectivity index (χ2n) is 18.0. The van der Waals surface area contributed by atoms with Crippen LogP contribution in [0.2, 0.25) is 0 Å². The second kappa shape index (κ2) is 36.7. The molecule has 1 heterocycles. The van der Waals surface area contributed by atoms with Gasteiger partial charge >= 0.3 is 19.8 Å². The van der Waals surface area contributed by atoms with E-state index in [1.54, 1.807) is 0 Å². The van der Waals surface area contributed by atoms with Crippen molar-refractivity contribution in [2.45, 2.75) is 241 Å². The third kappa shape index (κ3) is 25.3. The highest BCUT2D eigenvalue weighted by molar-refractivity contribution is 7.47. The molecule has 0 spiro atoms. The Morgan fingerprint density at radius 3 is 1.57 bits per heavy atom. The van der Waals surface area contributed by atoms with Gasteiger partial charge in [-0.15, -0.1) is 0 Å². The average molecular weight is 995 g/mol. The maximum Gasteiger partial charge on any atom is 0.472 e. The van der Waals surface area contributed by atoms with E-state index in [1.807, 2.05) is 0 Å². The molecule has 19 heteroatoms. The van der Waals surface area contributed by atoms with Crippen LogP contribution in [-0.2, 0) is 42.1 Å². The SMILES string of the molecule is CCCCC/C=C\C/C=C\CCCCCCCC(=O)OC[C@H](COP(=O)(O)O[C@@H]1C(O)C(O)[C@@H](O)C(O)[C@H]1O[C@H]1OC(CO)[C@@H](O)C(O)[C@H]1O)OC(=O)CCCCCCC/C=C\CCCCCC. The summed E-state index contributed by atoms with van der Waals surface area (Å²) in [6.07, 6.45) is 12.3. The quantitative estimate of drug-likeness (QED) is 0.0156. The Labute approximate surface area is 404 Å². The minimum absolute atomic E-state index is 0.0186. The molecular formula is C49H87O18P. The van der Waals surface area contributed by atoms with Crippen LogP contribution in [0, 0.1) is 0 Å². The third-order valence-electron chi connectivity index (χ3n) is 12.1. The van der Waals surface area contributed by atoms with E-state index in [-0.39, 0.29) is 12.8 Å². The van der Waals surface area contributed by atoms with Gasteiger partial charge in [0.25, 0.3) is 0 Å². The van der Waals surface area contributed by atoms with E-state index in [0.29, 0.717) is 12.8 Å². The first kappa shape index (κ1) is 62.0. The lowest BCUT2D eigenvalue weighted by molar-refractivity contribution is -0.338. The lowest BCUT2D eigenvalue weighted by atomic mass is 9.84. The van der Waals surface area contributed by atoms with Crippen LogP contribution in [0.15, 0.2) is 36.5 Å². The molecule has 0 radical (unpaired) electrons. The van der Waals surface area contributed by atoms with Gasteiger partial charge in [-0.1, -0.05) is 121 Å². The summed E-state index contributed by atoms with van der Waals surface area (Å²) in [5.41, 5.74) is 0. The zero-order chi connectivity index (χ0) is 50.2. The van der Waals surface area contributed by atoms with Crippen molar-refractivity contribution in [3.8, 4) is 0 Å². The van der Waals surface area contributed by atoms with Crippen molar-refractivity contribution in [3.05, 3.63) is 36.5 Å². The Bertz CT molecular complexity index is 1460. The van der Waals surface area contributed by atoms with Crippen LogP contribution in [0.3, 0.4) is 0 Å². The fourth-order valence-electron chi connectivity index (χ4n) is 7.84. The van der Waals surface area contributed by atoms with Crippen molar-refractivity contribution >= 4 is 19.8 Å². The number of unbranched alkanes of at least 4 members (excludes halogenated alkanes) is 17. The number of carbonyl (C=O) groups excluding carboxylic acids is 2. The van der Waals surface area contributed by atoms with E-state index in [1.165, 1.54) is 44.9 Å². The highest BCUT2D eigenvalue weighted by atomic mass is 31.2. The second-order valence-corrected chi connectivity index (χ2v) is 19.4. The predicted octanol–water partition coefficient (Wildman–Crippen LogP) is 5.66. The molecule has 2 fully saturated rings. The van der Waals surface area contributed by atoms with E-state index in [0.717, 1.165) is 83.5 Å². The molecule has 396 valence electrons. The van der Waals surface area contributed by atoms with Gasteiger partial charge < -0.3 is 64.7 Å². The number of phosphoric ester groups is 1. The molecule has 1 saturated heterocycles. The van der Waals surface area contributed by atoms with Crippen LogP contribution in [0.5, 0.6) is 0 Å². The molecule has 0 amide bonds. The number of allylic oxidation sites excluding steroid dienone is 6. The summed E-state index contributed by atoms with van der Waals surface area (Å²) in [5.74, 6) is -1.24. The zero-order valence-electron chi connectivity index (χ0n) is 40.6. The van der Waals surface area contributed by atoms with Gasteiger partial charge in [-0.2, -0.15) is 0 Å². The number of aliphatic hydroxyl groups excluding tert-OH is 8. The Balaban J connectivity index is 1.96. The molecule has 9 N–H and O–H groups in total. The molecule has 0 bridgehead atoms. The summed E-state index contributed by atoms with van der Waals surface area (Å²) in [4.78, 5) is 36.5. The van der Waals surface area contributed by atoms with Crippen LogP contribution < -0.4 is 0 Å². The largest absolute Gasteiger partial charge is 0.472 e. The van der Waals surface area contributed by atoms with E-state index < -0.39 is 113 Å². The summed E-state index contributed by atoms with van der Waals surface area (Å²) >= 11 is 0. The average Bonchev–Trinajstić information content (AvgIpc) is 3.32. The standard InChI is InChI=1S/C49H87O18P/c1-3-5-7-9-11-13-15-17-18-20-21-23-25-27-29-31-38(51)62-34-36(64-39(52)32-30-28-26-24-22-19-16-14-12-10-8-6-4-2)35-63-68(60,61)67-48-45(58)43(56)42(55)44(57)47(48)66-49-46(59)41(54)40(53)37(33-50)65-49/h11,13-14,16-18,36-37,40-50,53-59H,3-10,12,15,19-35H2,1-2H3,(H,60,61)/b13-11-,16-14-,18-17-/t36-,37?,40-,41?,42-,43?,44?,45?,46-,47-,48-,49-/m1/s1. The molecule has 2 aliphatic rings. The van der Waals surface area contributed by atoms with Crippen LogP contribution in [0.1, 0.15) is 168 Å². The van der Waals surface area contributed by atoms with Gasteiger partial charge in [0.1, 0.15) is 67.6 Å². The van der Waals surface area contributed by atoms with Gasteiger partial charge in [-0.25, -0.2) is 4.57 Å². The summed E-state index contributed by atoms with van der Waals surface area (Å²) in [7, 11) is -5.38. The molecule has 1 aliphatic heterocycles. The zero-order valence-corrected chi connectivity index (χ0v) is 41.5. The normalized spacial score (nSPS) is 28.1. The number of hydrogen-bond donors (Lipinski definition) is 9. The first-order valence-electron chi connectivity index (χ1n) is 25.3. The van der Waals surface area contributed by atoms with Gasteiger partial charge in [0.05, 0.1) is 13.2 Å². The van der Waals surface area contributed by atoms with Crippen molar-refractivity contribution in [2.24, 2.45) is 0 Å². The maximum atomic E-state index is 13.4. The number of hydrogen-bond acceptors (Lipinski definition) is 17. The molecule has 18 nitrogen and oxygen atoms in total. The smallest absolute Gasteiger partial charge is 0.462 e. The van der Waals surface area contributed by atoms with Crippen molar-refractivity contribution < 1.29 is 87.9 Å². The number of rotatable bonds is 38. The minimum atomic E-state index is -5.38. The molecule has 13 atom stereocenters. The van der Waals surface area contributed by atoms with Crippen molar-refractivity contribution in [1.82, 2.24) is 0 Å². The molecule has 6 unspecified atom stereocenters. The molecule has 0 aromatic rings. The summed E-state index contributed by atoms with van der Waals surface area (Å²) in [5, 5.41) is 82.9. The van der Waals surface area contributed by atoms with Gasteiger partial charge in [0.2, 0.25) is 0 Å². The minimum Gasteiger partial charge on any atom is -0.462 e. The number of esters is 2. The van der Waals surface area contributed by atoms with Crippen LogP contribution in [0.4, 0.5) is 0 Å². The third-order valence-corrected chi connectivity index (χ3v) is 13.1. The Morgan fingerprint density at radius 1 is 0.559 bits per heavy atom. The molecule has 1 aliphatic carbocycles.